The number of hydrogen-bond acceptors (Lipinski definition) is 2. The van der Waals surface area contributed by atoms with Gasteiger partial charge in [-0.3, -0.25) is 0 Å². The van der Waals surface area contributed by atoms with Gasteiger partial charge in [0.15, 0.2) is 0 Å². The maximum atomic E-state index is 6.34. The van der Waals surface area contributed by atoms with Crippen molar-refractivity contribution in [3.63, 3.8) is 0 Å². The molecular formula is C52H37NO. The van der Waals surface area contributed by atoms with Gasteiger partial charge < -0.3 is 9.32 Å². The predicted molar refractivity (Wildman–Crippen MR) is 234 cm³/mol. The molecule has 9 aromatic rings. The van der Waals surface area contributed by atoms with Gasteiger partial charge in [0.1, 0.15) is 11.2 Å². The van der Waals surface area contributed by atoms with Crippen LogP contribution < -0.4 is 4.90 Å². The highest BCUT2D eigenvalue weighted by Gasteiger charge is 2.14. The topological polar surface area (TPSA) is 16.4 Å². The smallest absolute Gasteiger partial charge is 0.136 e. The number of anilines is 1. The van der Waals surface area contributed by atoms with E-state index < -0.39 is 0 Å². The van der Waals surface area contributed by atoms with Gasteiger partial charge in [-0.2, -0.15) is 0 Å². The van der Waals surface area contributed by atoms with Crippen LogP contribution in [0.15, 0.2) is 218 Å². The van der Waals surface area contributed by atoms with Gasteiger partial charge >= 0.3 is 0 Å². The van der Waals surface area contributed by atoms with Crippen molar-refractivity contribution in [1.82, 2.24) is 0 Å². The minimum Gasteiger partial charge on any atom is -0.456 e. The lowest BCUT2D eigenvalue weighted by Gasteiger charge is -2.24. The first kappa shape index (κ1) is 32.7. The average molecular weight is 692 g/mol. The maximum absolute atomic E-state index is 6.34. The summed E-state index contributed by atoms with van der Waals surface area (Å²) in [6, 6.07) is 53.7. The zero-order valence-electron chi connectivity index (χ0n) is 29.8. The summed E-state index contributed by atoms with van der Waals surface area (Å²) in [4.78, 5) is 2.25. The molecule has 0 bridgehead atoms. The van der Waals surface area contributed by atoms with Crippen LogP contribution in [0.4, 0.5) is 5.69 Å². The lowest BCUT2D eigenvalue weighted by Crippen LogP contribution is -2.14. The molecule has 0 saturated carbocycles. The molecule has 0 amide bonds. The first-order valence-electron chi connectivity index (χ1n) is 18.2. The molecule has 2 nitrogen and oxygen atoms in total. The van der Waals surface area contributed by atoms with Gasteiger partial charge in [-0.15, -0.1) is 0 Å². The van der Waals surface area contributed by atoms with Gasteiger partial charge in [-0.25, -0.2) is 0 Å². The van der Waals surface area contributed by atoms with Crippen LogP contribution in [-0.2, 0) is 0 Å². The van der Waals surface area contributed by atoms with E-state index in [-0.39, 0.29) is 0 Å². The molecule has 0 atom stereocenters. The van der Waals surface area contributed by atoms with Crippen molar-refractivity contribution in [3.8, 4) is 0 Å². The Morgan fingerprint density at radius 2 is 1.19 bits per heavy atom. The van der Waals surface area contributed by atoms with E-state index in [9.17, 15) is 0 Å². The van der Waals surface area contributed by atoms with Crippen molar-refractivity contribution in [2.24, 2.45) is 0 Å². The highest BCUT2D eigenvalue weighted by Crippen LogP contribution is 2.36. The van der Waals surface area contributed by atoms with E-state index in [1.807, 2.05) is 18.2 Å². The highest BCUT2D eigenvalue weighted by atomic mass is 16.3. The minimum atomic E-state index is 0.870. The van der Waals surface area contributed by atoms with Crippen LogP contribution in [0, 0.1) is 0 Å². The number of benzene rings is 8. The minimum absolute atomic E-state index is 0.870. The van der Waals surface area contributed by atoms with E-state index in [0.29, 0.717) is 0 Å². The molecule has 0 N–H and O–H groups in total. The van der Waals surface area contributed by atoms with Gasteiger partial charge in [-0.05, 0) is 109 Å². The zero-order valence-corrected chi connectivity index (χ0v) is 29.8. The predicted octanol–water partition coefficient (Wildman–Crippen LogP) is 14.6. The Labute approximate surface area is 314 Å². The van der Waals surface area contributed by atoms with Gasteiger partial charge in [0.25, 0.3) is 0 Å². The van der Waals surface area contributed by atoms with Crippen LogP contribution in [0.25, 0.3) is 76.7 Å². The number of hydrogen-bond donors (Lipinski definition) is 0. The third-order valence-corrected chi connectivity index (χ3v) is 10.2. The fraction of sp³-hybridized carbons (Fsp3) is 0. The van der Waals surface area contributed by atoms with Crippen LogP contribution in [0.2, 0.25) is 0 Å². The summed E-state index contributed by atoms with van der Waals surface area (Å²) in [6.07, 6.45) is 16.5. The standard InChI is InChI=1S/C52H37NO/c1-3-5-22-42(31-36-28-29-51-48(32-36)49-33-39-17-6-7-18-40(39)35-52(49)54-51)53(50-27-14-20-38-16-8-11-24-44(38)50)30-15-21-37(4-2)47-34-41-19-9-10-23-43(41)45-25-12-13-26-46(45)47/h3-35H,1-2H2/b22-5-,30-15+,37-21+,42-31-. The van der Waals surface area contributed by atoms with Crippen molar-refractivity contribution in [2.75, 3.05) is 4.90 Å². The Kier molecular flexibility index (Phi) is 8.55. The summed E-state index contributed by atoms with van der Waals surface area (Å²) >= 11 is 0. The summed E-state index contributed by atoms with van der Waals surface area (Å²) in [6.45, 7) is 8.26. The SMILES string of the molecule is C=C/C=C\C(=C\c1ccc2oc3cc4ccccc4cc3c2c1)N(/C=C/C=C(\C=C)c1cc2ccccc2c2ccccc12)c1cccc2ccccc12. The van der Waals surface area contributed by atoms with Crippen LogP contribution in [-0.4, -0.2) is 0 Å². The molecule has 54 heavy (non-hydrogen) atoms. The lowest BCUT2D eigenvalue weighted by molar-refractivity contribution is 0.669. The van der Waals surface area contributed by atoms with Crippen molar-refractivity contribution in [3.05, 3.63) is 224 Å². The third-order valence-electron chi connectivity index (χ3n) is 10.2. The van der Waals surface area contributed by atoms with E-state index in [2.05, 4.69) is 200 Å². The van der Waals surface area contributed by atoms with Crippen molar-refractivity contribution in [2.45, 2.75) is 0 Å². The molecule has 8 aromatic carbocycles. The molecule has 0 aliphatic heterocycles. The molecule has 256 valence electrons. The highest BCUT2D eigenvalue weighted by molar-refractivity contribution is 6.13. The second-order valence-corrected chi connectivity index (χ2v) is 13.4. The molecule has 0 unspecified atom stereocenters. The molecule has 9 rings (SSSR count). The Morgan fingerprint density at radius 3 is 1.98 bits per heavy atom. The summed E-state index contributed by atoms with van der Waals surface area (Å²) in [7, 11) is 0. The van der Waals surface area contributed by atoms with Gasteiger partial charge in [0, 0.05) is 28.1 Å². The molecule has 0 saturated heterocycles. The quantitative estimate of drug-likeness (QED) is 0.111. The number of rotatable bonds is 9. The summed E-state index contributed by atoms with van der Waals surface area (Å²) < 4.78 is 6.34. The number of fused-ring (bicyclic) bond motifs is 8. The van der Waals surface area contributed by atoms with Crippen LogP contribution in [0.5, 0.6) is 0 Å². The van der Waals surface area contributed by atoms with E-state index in [4.69, 9.17) is 4.42 Å². The van der Waals surface area contributed by atoms with Crippen LogP contribution in [0.1, 0.15) is 11.1 Å². The van der Waals surface area contributed by atoms with E-state index in [1.165, 1.54) is 37.7 Å². The normalized spacial score (nSPS) is 12.7. The zero-order chi connectivity index (χ0) is 36.4. The second-order valence-electron chi connectivity index (χ2n) is 13.4. The largest absolute Gasteiger partial charge is 0.456 e. The van der Waals surface area contributed by atoms with Crippen molar-refractivity contribution >= 4 is 82.4 Å². The molecule has 0 aliphatic carbocycles. The molecular weight excluding hydrogens is 655 g/mol. The molecule has 0 spiro atoms. The number of furan rings is 1. The Hall–Kier alpha value is -7.16. The first-order valence-corrected chi connectivity index (χ1v) is 18.2. The number of allylic oxidation sites excluding steroid dienone is 7. The van der Waals surface area contributed by atoms with Gasteiger partial charge in [-0.1, -0.05) is 153 Å². The van der Waals surface area contributed by atoms with E-state index in [1.54, 1.807) is 0 Å². The van der Waals surface area contributed by atoms with Gasteiger partial charge in [0.05, 0.1) is 5.69 Å². The fourth-order valence-electron chi connectivity index (χ4n) is 7.62. The molecule has 0 aliphatic rings. The monoisotopic (exact) mass is 691 g/mol. The Morgan fingerprint density at radius 1 is 0.519 bits per heavy atom. The number of nitrogens with zero attached hydrogens (tertiary/aromatic N) is 1. The van der Waals surface area contributed by atoms with Crippen molar-refractivity contribution in [1.29, 1.82) is 0 Å². The molecule has 2 heteroatoms. The molecule has 1 heterocycles. The Bertz CT molecular complexity index is 3030. The van der Waals surface area contributed by atoms with E-state index in [0.717, 1.165) is 55.4 Å². The Balaban J connectivity index is 1.20. The molecule has 0 fully saturated rings. The van der Waals surface area contributed by atoms with Gasteiger partial charge in [0.2, 0.25) is 0 Å². The van der Waals surface area contributed by atoms with Crippen LogP contribution in [0.3, 0.4) is 0 Å². The fourth-order valence-corrected chi connectivity index (χ4v) is 7.62. The van der Waals surface area contributed by atoms with E-state index >= 15 is 0 Å². The second kappa shape index (κ2) is 14.1. The molecule has 0 radical (unpaired) electrons. The summed E-state index contributed by atoms with van der Waals surface area (Å²) in [5.41, 5.74) is 7.06. The summed E-state index contributed by atoms with van der Waals surface area (Å²) in [5.74, 6) is 0. The van der Waals surface area contributed by atoms with Crippen LogP contribution >= 0.6 is 0 Å². The van der Waals surface area contributed by atoms with Crippen molar-refractivity contribution < 1.29 is 4.42 Å². The first-order chi connectivity index (χ1) is 26.7. The summed E-state index contributed by atoms with van der Waals surface area (Å²) in [5, 5.41) is 11.8. The average Bonchev–Trinajstić information content (AvgIpc) is 3.58. The maximum Gasteiger partial charge on any atom is 0.136 e. The molecule has 1 aromatic heterocycles. The third kappa shape index (κ3) is 6.00. The lowest BCUT2D eigenvalue weighted by atomic mass is 9.93.